The van der Waals surface area contributed by atoms with Crippen LogP contribution in [0.2, 0.25) is 0 Å². The summed E-state index contributed by atoms with van der Waals surface area (Å²) >= 11 is 1.67. The number of aromatic nitrogens is 4. The summed E-state index contributed by atoms with van der Waals surface area (Å²) in [6, 6.07) is 3.82. The first kappa shape index (κ1) is 13.7. The maximum atomic E-state index is 5.19. The molecule has 0 aliphatic rings. The molecule has 3 aromatic rings. The molecule has 0 saturated heterocycles. The highest BCUT2D eigenvalue weighted by Gasteiger charge is 2.10. The van der Waals surface area contributed by atoms with Gasteiger partial charge in [0, 0.05) is 43.4 Å². The molecule has 0 amide bonds. The lowest BCUT2D eigenvalue weighted by atomic mass is 10.2. The SMILES string of the molecule is Cc1noc(-c2ccnc(N(C)CCc3nccs3)c2)n1. The van der Waals surface area contributed by atoms with Crippen molar-refractivity contribution in [1.29, 1.82) is 0 Å². The van der Waals surface area contributed by atoms with E-state index in [-0.39, 0.29) is 0 Å². The number of hydrogen-bond donors (Lipinski definition) is 0. The van der Waals surface area contributed by atoms with Crippen molar-refractivity contribution in [2.24, 2.45) is 0 Å². The van der Waals surface area contributed by atoms with Crippen LogP contribution >= 0.6 is 11.3 Å². The van der Waals surface area contributed by atoms with Gasteiger partial charge in [0.05, 0.1) is 5.01 Å². The van der Waals surface area contributed by atoms with Crippen LogP contribution in [0.15, 0.2) is 34.4 Å². The van der Waals surface area contributed by atoms with Crippen molar-refractivity contribution in [3.63, 3.8) is 0 Å². The standard InChI is InChI=1S/C14H15N5OS/c1-10-17-14(20-18-10)11-3-5-15-12(9-11)19(2)7-4-13-16-6-8-21-13/h3,5-6,8-9H,4,7H2,1-2H3. The van der Waals surface area contributed by atoms with Gasteiger partial charge in [-0.2, -0.15) is 4.98 Å². The number of thiazole rings is 1. The zero-order chi connectivity index (χ0) is 14.7. The number of likely N-dealkylation sites (N-methyl/N-ethyl adjacent to an activating group) is 1. The van der Waals surface area contributed by atoms with Crippen LogP contribution in [-0.4, -0.2) is 33.7 Å². The Kier molecular flexibility index (Phi) is 3.92. The molecule has 3 rings (SSSR count). The number of hydrogen-bond acceptors (Lipinski definition) is 7. The van der Waals surface area contributed by atoms with E-state index in [0.29, 0.717) is 11.7 Å². The lowest BCUT2D eigenvalue weighted by Crippen LogP contribution is -2.21. The van der Waals surface area contributed by atoms with E-state index in [1.807, 2.05) is 30.8 Å². The molecule has 0 fully saturated rings. The molecule has 0 spiro atoms. The van der Waals surface area contributed by atoms with E-state index >= 15 is 0 Å². The summed E-state index contributed by atoms with van der Waals surface area (Å²) in [6.45, 7) is 2.65. The fourth-order valence-electron chi connectivity index (χ4n) is 1.93. The minimum atomic E-state index is 0.518. The topological polar surface area (TPSA) is 67.9 Å². The number of rotatable bonds is 5. The first-order valence-corrected chi connectivity index (χ1v) is 7.46. The maximum absolute atomic E-state index is 5.19. The summed E-state index contributed by atoms with van der Waals surface area (Å²) in [5, 5.41) is 6.93. The Bertz CT molecular complexity index is 710. The Hall–Kier alpha value is -2.28. The molecule has 0 aromatic carbocycles. The zero-order valence-corrected chi connectivity index (χ0v) is 12.7. The van der Waals surface area contributed by atoms with Gasteiger partial charge in [0.25, 0.3) is 5.89 Å². The van der Waals surface area contributed by atoms with E-state index in [0.717, 1.165) is 29.4 Å². The predicted molar refractivity (Wildman–Crippen MR) is 81.4 cm³/mol. The van der Waals surface area contributed by atoms with Crippen molar-refractivity contribution >= 4 is 17.2 Å². The van der Waals surface area contributed by atoms with Gasteiger partial charge in [-0.1, -0.05) is 5.16 Å². The van der Waals surface area contributed by atoms with Crippen LogP contribution in [0.3, 0.4) is 0 Å². The molecular formula is C14H15N5OS. The van der Waals surface area contributed by atoms with Crippen LogP contribution in [0.1, 0.15) is 10.8 Å². The number of pyridine rings is 1. The molecule has 0 radical (unpaired) electrons. The van der Waals surface area contributed by atoms with Gasteiger partial charge in [-0.15, -0.1) is 11.3 Å². The molecule has 0 aliphatic heterocycles. The van der Waals surface area contributed by atoms with Gasteiger partial charge in [0.2, 0.25) is 0 Å². The van der Waals surface area contributed by atoms with Crippen LogP contribution in [0, 0.1) is 6.92 Å². The van der Waals surface area contributed by atoms with Gasteiger partial charge in [-0.05, 0) is 19.1 Å². The largest absolute Gasteiger partial charge is 0.359 e. The first-order valence-electron chi connectivity index (χ1n) is 6.58. The third-order valence-corrected chi connectivity index (χ3v) is 3.90. The fraction of sp³-hybridized carbons (Fsp3) is 0.286. The minimum Gasteiger partial charge on any atom is -0.359 e. The molecular weight excluding hydrogens is 286 g/mol. The summed E-state index contributed by atoms with van der Waals surface area (Å²) in [6.07, 6.45) is 4.49. The van der Waals surface area contributed by atoms with Crippen molar-refractivity contribution in [2.45, 2.75) is 13.3 Å². The smallest absolute Gasteiger partial charge is 0.258 e. The molecule has 7 heteroatoms. The van der Waals surface area contributed by atoms with Crippen LogP contribution in [0.4, 0.5) is 5.82 Å². The molecule has 0 unspecified atom stereocenters. The van der Waals surface area contributed by atoms with E-state index in [9.17, 15) is 0 Å². The van der Waals surface area contributed by atoms with E-state index in [1.165, 1.54) is 0 Å². The van der Waals surface area contributed by atoms with Gasteiger partial charge < -0.3 is 9.42 Å². The van der Waals surface area contributed by atoms with E-state index in [4.69, 9.17) is 4.52 Å². The molecule has 6 nitrogen and oxygen atoms in total. The Morgan fingerprint density at radius 2 is 2.19 bits per heavy atom. The third kappa shape index (κ3) is 3.25. The number of nitrogens with zero attached hydrogens (tertiary/aromatic N) is 5. The summed E-state index contributed by atoms with van der Waals surface area (Å²) in [7, 11) is 2.01. The fourth-order valence-corrected chi connectivity index (χ4v) is 2.54. The van der Waals surface area contributed by atoms with Gasteiger partial charge in [-0.3, -0.25) is 0 Å². The quantitative estimate of drug-likeness (QED) is 0.721. The monoisotopic (exact) mass is 301 g/mol. The van der Waals surface area contributed by atoms with Crippen molar-refractivity contribution in [2.75, 3.05) is 18.5 Å². The van der Waals surface area contributed by atoms with Gasteiger partial charge in [0.15, 0.2) is 5.82 Å². The normalized spacial score (nSPS) is 10.8. The maximum Gasteiger partial charge on any atom is 0.258 e. The summed E-state index contributed by atoms with van der Waals surface area (Å²) in [4.78, 5) is 15.0. The van der Waals surface area contributed by atoms with E-state index in [2.05, 4.69) is 25.0 Å². The van der Waals surface area contributed by atoms with Crippen molar-refractivity contribution in [3.05, 3.63) is 40.7 Å². The third-order valence-electron chi connectivity index (χ3n) is 3.06. The number of aryl methyl sites for hydroxylation is 1. The molecule has 0 N–H and O–H groups in total. The molecule has 0 aliphatic carbocycles. The second kappa shape index (κ2) is 6.01. The van der Waals surface area contributed by atoms with E-state index in [1.54, 1.807) is 24.5 Å². The highest BCUT2D eigenvalue weighted by molar-refractivity contribution is 7.09. The van der Waals surface area contributed by atoms with E-state index < -0.39 is 0 Å². The molecule has 3 aromatic heterocycles. The average Bonchev–Trinajstić information content (AvgIpc) is 3.16. The minimum absolute atomic E-state index is 0.518. The Morgan fingerprint density at radius 3 is 2.90 bits per heavy atom. The Balaban J connectivity index is 1.73. The van der Waals surface area contributed by atoms with Crippen molar-refractivity contribution in [1.82, 2.24) is 20.1 Å². The lowest BCUT2D eigenvalue weighted by Gasteiger charge is -2.17. The van der Waals surface area contributed by atoms with Crippen molar-refractivity contribution in [3.8, 4) is 11.5 Å². The number of anilines is 1. The molecule has 108 valence electrons. The van der Waals surface area contributed by atoms with Crippen LogP contribution in [0.5, 0.6) is 0 Å². The van der Waals surface area contributed by atoms with Crippen LogP contribution < -0.4 is 4.90 Å². The molecule has 0 atom stereocenters. The van der Waals surface area contributed by atoms with Gasteiger partial charge >= 0.3 is 0 Å². The Morgan fingerprint density at radius 1 is 1.29 bits per heavy atom. The predicted octanol–water partition coefficient (Wildman–Crippen LogP) is 2.58. The lowest BCUT2D eigenvalue weighted by molar-refractivity contribution is 0.425. The van der Waals surface area contributed by atoms with Crippen molar-refractivity contribution < 1.29 is 4.52 Å². The molecule has 0 bridgehead atoms. The molecule has 0 saturated carbocycles. The first-order chi connectivity index (χ1) is 10.2. The molecule has 21 heavy (non-hydrogen) atoms. The summed E-state index contributed by atoms with van der Waals surface area (Å²) in [5.74, 6) is 2.02. The highest BCUT2D eigenvalue weighted by atomic mass is 32.1. The van der Waals surface area contributed by atoms with Gasteiger partial charge in [-0.25, -0.2) is 9.97 Å². The second-order valence-electron chi connectivity index (χ2n) is 4.65. The van der Waals surface area contributed by atoms with Gasteiger partial charge in [0.1, 0.15) is 5.82 Å². The van der Waals surface area contributed by atoms with Crippen LogP contribution in [-0.2, 0) is 6.42 Å². The zero-order valence-electron chi connectivity index (χ0n) is 11.9. The second-order valence-corrected chi connectivity index (χ2v) is 5.63. The summed E-state index contributed by atoms with van der Waals surface area (Å²) in [5.41, 5.74) is 0.877. The highest BCUT2D eigenvalue weighted by Crippen LogP contribution is 2.21. The van der Waals surface area contributed by atoms with Crippen LogP contribution in [0.25, 0.3) is 11.5 Å². The summed E-state index contributed by atoms with van der Waals surface area (Å²) < 4.78 is 5.19. The molecule has 3 heterocycles. The Labute approximate surface area is 126 Å². The average molecular weight is 301 g/mol.